The average molecular weight is 286 g/mol. The Balaban J connectivity index is 1.77. The summed E-state index contributed by atoms with van der Waals surface area (Å²) >= 11 is 0. The number of methoxy groups -OCH3 is 2. The van der Waals surface area contributed by atoms with Crippen molar-refractivity contribution in [3.8, 4) is 0 Å². The van der Waals surface area contributed by atoms with Crippen LogP contribution in [0.25, 0.3) is 0 Å². The van der Waals surface area contributed by atoms with Crippen molar-refractivity contribution in [2.75, 3.05) is 60.2 Å². The summed E-state index contributed by atoms with van der Waals surface area (Å²) < 4.78 is 16.0. The van der Waals surface area contributed by atoms with Crippen molar-refractivity contribution in [1.29, 1.82) is 0 Å². The number of carbonyl (C=O) groups excluding carboxylic acids is 1. The van der Waals surface area contributed by atoms with E-state index in [2.05, 4.69) is 4.90 Å². The molecule has 6 nitrogen and oxygen atoms in total. The van der Waals surface area contributed by atoms with Gasteiger partial charge < -0.3 is 19.1 Å². The molecule has 1 amide bonds. The molecule has 2 fully saturated rings. The molecule has 2 heterocycles. The van der Waals surface area contributed by atoms with Gasteiger partial charge in [0, 0.05) is 52.9 Å². The zero-order valence-electron chi connectivity index (χ0n) is 12.5. The second-order valence-corrected chi connectivity index (χ2v) is 5.44. The van der Waals surface area contributed by atoms with Gasteiger partial charge in [0.25, 0.3) is 0 Å². The Labute approximate surface area is 120 Å². The first-order valence-electron chi connectivity index (χ1n) is 7.36. The second-order valence-electron chi connectivity index (χ2n) is 5.44. The van der Waals surface area contributed by atoms with Gasteiger partial charge in [-0.1, -0.05) is 0 Å². The predicted octanol–water partition coefficient (Wildman–Crippen LogP) is -0.0290. The fraction of sp³-hybridized carbons (Fsp3) is 0.929. The Morgan fingerprint density at radius 3 is 2.70 bits per heavy atom. The lowest BCUT2D eigenvalue weighted by Crippen LogP contribution is -2.43. The van der Waals surface area contributed by atoms with Crippen LogP contribution in [0, 0.1) is 0 Å². The molecule has 2 rings (SSSR count). The van der Waals surface area contributed by atoms with Crippen LogP contribution < -0.4 is 0 Å². The molecular formula is C14H26N2O4. The SMILES string of the molecule is COC[C@@H]1C[C@H](OC)CN1CCC(=O)N1CCOCC1. The van der Waals surface area contributed by atoms with Gasteiger partial charge in [0.2, 0.25) is 5.91 Å². The third-order valence-electron chi connectivity index (χ3n) is 4.16. The minimum atomic E-state index is 0.227. The molecule has 0 radical (unpaired) electrons. The number of likely N-dealkylation sites (tertiary alicyclic amines) is 1. The third-order valence-corrected chi connectivity index (χ3v) is 4.16. The van der Waals surface area contributed by atoms with Crippen molar-refractivity contribution in [2.24, 2.45) is 0 Å². The van der Waals surface area contributed by atoms with E-state index in [0.717, 1.165) is 32.6 Å². The molecular weight excluding hydrogens is 260 g/mol. The lowest BCUT2D eigenvalue weighted by atomic mass is 10.2. The second kappa shape index (κ2) is 7.93. The van der Waals surface area contributed by atoms with Gasteiger partial charge in [-0.25, -0.2) is 0 Å². The minimum absolute atomic E-state index is 0.227. The van der Waals surface area contributed by atoms with Crippen molar-refractivity contribution in [3.05, 3.63) is 0 Å². The lowest BCUT2D eigenvalue weighted by molar-refractivity contribution is -0.135. The molecule has 2 aliphatic rings. The van der Waals surface area contributed by atoms with Gasteiger partial charge in [-0.2, -0.15) is 0 Å². The number of hydrogen-bond acceptors (Lipinski definition) is 5. The van der Waals surface area contributed by atoms with E-state index in [1.807, 2.05) is 4.90 Å². The summed E-state index contributed by atoms with van der Waals surface area (Å²) in [6.07, 6.45) is 1.81. The van der Waals surface area contributed by atoms with Crippen LogP contribution in [-0.4, -0.2) is 88.1 Å². The maximum atomic E-state index is 12.2. The Morgan fingerprint density at radius 2 is 2.05 bits per heavy atom. The Kier molecular flexibility index (Phi) is 6.22. The molecule has 2 saturated heterocycles. The Bertz CT molecular complexity index is 308. The number of morpholine rings is 1. The first-order chi connectivity index (χ1) is 9.74. The molecule has 2 aliphatic heterocycles. The monoisotopic (exact) mass is 286 g/mol. The van der Waals surface area contributed by atoms with Crippen molar-refractivity contribution in [1.82, 2.24) is 9.80 Å². The summed E-state index contributed by atoms with van der Waals surface area (Å²) in [5.41, 5.74) is 0. The lowest BCUT2D eigenvalue weighted by Gasteiger charge is -2.28. The standard InChI is InChI=1S/C14H26N2O4/c1-18-11-12-9-13(19-2)10-16(12)4-3-14(17)15-5-7-20-8-6-15/h12-13H,3-11H2,1-2H3/t12-,13-/m0/s1. The smallest absolute Gasteiger partial charge is 0.224 e. The molecule has 0 aromatic heterocycles. The van der Waals surface area contributed by atoms with Gasteiger partial charge in [-0.05, 0) is 6.42 Å². The summed E-state index contributed by atoms with van der Waals surface area (Å²) in [5, 5.41) is 0. The maximum absolute atomic E-state index is 12.2. The van der Waals surface area contributed by atoms with Crippen LogP contribution in [0.4, 0.5) is 0 Å². The first-order valence-corrected chi connectivity index (χ1v) is 7.36. The number of rotatable bonds is 6. The highest BCUT2D eigenvalue weighted by Crippen LogP contribution is 2.20. The van der Waals surface area contributed by atoms with Crippen LogP contribution in [0.5, 0.6) is 0 Å². The molecule has 0 saturated carbocycles. The van der Waals surface area contributed by atoms with Crippen molar-refractivity contribution in [3.63, 3.8) is 0 Å². The van der Waals surface area contributed by atoms with Gasteiger partial charge in [0.15, 0.2) is 0 Å². The number of hydrogen-bond donors (Lipinski definition) is 0. The molecule has 0 aromatic carbocycles. The molecule has 6 heteroatoms. The van der Waals surface area contributed by atoms with E-state index in [4.69, 9.17) is 14.2 Å². The first kappa shape index (κ1) is 15.7. The van der Waals surface area contributed by atoms with Gasteiger partial charge in [-0.15, -0.1) is 0 Å². The highest BCUT2D eigenvalue weighted by Gasteiger charge is 2.32. The molecule has 0 spiro atoms. The molecule has 0 aromatic rings. The normalized spacial score (nSPS) is 28.0. The largest absolute Gasteiger partial charge is 0.383 e. The van der Waals surface area contributed by atoms with E-state index < -0.39 is 0 Å². The topological polar surface area (TPSA) is 51.2 Å². The van der Waals surface area contributed by atoms with E-state index in [1.54, 1.807) is 14.2 Å². The van der Waals surface area contributed by atoms with E-state index in [1.165, 1.54) is 0 Å². The molecule has 2 atom stereocenters. The van der Waals surface area contributed by atoms with Gasteiger partial charge >= 0.3 is 0 Å². The average Bonchev–Trinajstić information content (AvgIpc) is 2.88. The fourth-order valence-electron chi connectivity index (χ4n) is 2.96. The van der Waals surface area contributed by atoms with Crippen molar-refractivity contribution < 1.29 is 19.0 Å². The van der Waals surface area contributed by atoms with Crippen LogP contribution in [0.2, 0.25) is 0 Å². The highest BCUT2D eigenvalue weighted by atomic mass is 16.5. The Morgan fingerprint density at radius 1 is 1.30 bits per heavy atom. The number of amides is 1. The van der Waals surface area contributed by atoms with E-state index >= 15 is 0 Å². The van der Waals surface area contributed by atoms with E-state index in [-0.39, 0.29) is 12.0 Å². The van der Waals surface area contributed by atoms with Crippen molar-refractivity contribution in [2.45, 2.75) is 25.0 Å². The summed E-state index contributed by atoms with van der Waals surface area (Å²) in [5.74, 6) is 0.227. The molecule has 0 unspecified atom stereocenters. The van der Waals surface area contributed by atoms with Gasteiger partial charge in [0.1, 0.15) is 0 Å². The summed E-state index contributed by atoms with van der Waals surface area (Å²) in [6.45, 7) is 5.14. The zero-order chi connectivity index (χ0) is 14.4. The predicted molar refractivity (Wildman–Crippen MR) is 74.7 cm³/mol. The minimum Gasteiger partial charge on any atom is -0.383 e. The third kappa shape index (κ3) is 4.15. The zero-order valence-corrected chi connectivity index (χ0v) is 12.5. The number of ether oxygens (including phenoxy) is 3. The van der Waals surface area contributed by atoms with Crippen LogP contribution >= 0.6 is 0 Å². The fourth-order valence-corrected chi connectivity index (χ4v) is 2.96. The van der Waals surface area contributed by atoms with E-state index in [9.17, 15) is 4.79 Å². The molecule has 116 valence electrons. The van der Waals surface area contributed by atoms with Gasteiger partial charge in [-0.3, -0.25) is 9.69 Å². The molecule has 0 aliphatic carbocycles. The Hall–Kier alpha value is -0.690. The number of carbonyl (C=O) groups is 1. The van der Waals surface area contributed by atoms with Crippen LogP contribution in [0.15, 0.2) is 0 Å². The quantitative estimate of drug-likeness (QED) is 0.686. The molecule has 20 heavy (non-hydrogen) atoms. The van der Waals surface area contributed by atoms with Gasteiger partial charge in [0.05, 0.1) is 25.9 Å². The summed E-state index contributed by atoms with van der Waals surface area (Å²) in [7, 11) is 3.47. The van der Waals surface area contributed by atoms with Crippen LogP contribution in [-0.2, 0) is 19.0 Å². The van der Waals surface area contributed by atoms with Crippen LogP contribution in [0.1, 0.15) is 12.8 Å². The maximum Gasteiger partial charge on any atom is 0.224 e. The molecule has 0 bridgehead atoms. The van der Waals surface area contributed by atoms with Crippen LogP contribution in [0.3, 0.4) is 0 Å². The highest BCUT2D eigenvalue weighted by molar-refractivity contribution is 5.76. The van der Waals surface area contributed by atoms with E-state index in [0.29, 0.717) is 32.3 Å². The summed E-state index contributed by atoms with van der Waals surface area (Å²) in [6, 6.07) is 0.363. The summed E-state index contributed by atoms with van der Waals surface area (Å²) in [4.78, 5) is 16.4. The molecule has 0 N–H and O–H groups in total. The van der Waals surface area contributed by atoms with Crippen molar-refractivity contribution >= 4 is 5.91 Å². The number of nitrogens with zero attached hydrogens (tertiary/aromatic N) is 2.